The van der Waals surface area contributed by atoms with Crippen molar-refractivity contribution < 1.29 is 14.2 Å². The van der Waals surface area contributed by atoms with Crippen molar-refractivity contribution in [2.75, 3.05) is 7.11 Å². The molecule has 3 heteroatoms. The number of hydrogen-bond acceptors (Lipinski definition) is 2. The van der Waals surface area contributed by atoms with Crippen molar-refractivity contribution >= 4 is 0 Å². The van der Waals surface area contributed by atoms with Crippen molar-refractivity contribution in [2.24, 2.45) is 0 Å². The van der Waals surface area contributed by atoms with E-state index in [9.17, 15) is 9.50 Å². The van der Waals surface area contributed by atoms with Gasteiger partial charge in [0.25, 0.3) is 0 Å². The van der Waals surface area contributed by atoms with Gasteiger partial charge in [-0.15, -0.1) is 0 Å². The van der Waals surface area contributed by atoms with Crippen molar-refractivity contribution in [1.29, 1.82) is 0 Å². The lowest BCUT2D eigenvalue weighted by Gasteiger charge is -2.14. The van der Waals surface area contributed by atoms with E-state index in [0.29, 0.717) is 17.5 Å². The molecule has 1 N–H and O–H groups in total. The Balaban J connectivity index is 2.20. The second-order valence-corrected chi connectivity index (χ2v) is 4.54. The number of para-hydroxylation sites is 1. The lowest BCUT2D eigenvalue weighted by atomic mass is 9.99. The van der Waals surface area contributed by atoms with Crippen molar-refractivity contribution in [3.05, 3.63) is 65.0 Å². The molecular formula is C16H17FO2. The maximum absolute atomic E-state index is 13.2. The fraction of sp³-hybridized carbons (Fsp3) is 0.250. The third kappa shape index (κ3) is 3.12. The Hall–Kier alpha value is -1.87. The number of aliphatic hydroxyl groups is 1. The zero-order valence-electron chi connectivity index (χ0n) is 11.1. The van der Waals surface area contributed by atoms with Crippen LogP contribution in [-0.4, -0.2) is 12.2 Å². The number of aryl methyl sites for hydroxylation is 1. The number of aliphatic hydroxyl groups excluding tert-OH is 1. The van der Waals surface area contributed by atoms with Gasteiger partial charge in [0.1, 0.15) is 11.6 Å². The summed E-state index contributed by atoms with van der Waals surface area (Å²) in [5, 5.41) is 10.2. The second-order valence-electron chi connectivity index (χ2n) is 4.54. The molecule has 2 aromatic rings. The van der Waals surface area contributed by atoms with E-state index in [1.165, 1.54) is 6.07 Å². The van der Waals surface area contributed by atoms with E-state index >= 15 is 0 Å². The zero-order valence-corrected chi connectivity index (χ0v) is 11.1. The zero-order chi connectivity index (χ0) is 13.8. The van der Waals surface area contributed by atoms with Crippen molar-refractivity contribution in [3.63, 3.8) is 0 Å². The lowest BCUT2D eigenvalue weighted by molar-refractivity contribution is 0.177. The normalized spacial score (nSPS) is 12.2. The largest absolute Gasteiger partial charge is 0.496 e. The van der Waals surface area contributed by atoms with Crippen molar-refractivity contribution in [2.45, 2.75) is 19.4 Å². The molecule has 0 aliphatic carbocycles. The van der Waals surface area contributed by atoms with E-state index in [0.717, 1.165) is 11.3 Å². The van der Waals surface area contributed by atoms with Gasteiger partial charge in [0.2, 0.25) is 0 Å². The second kappa shape index (κ2) is 5.85. The Labute approximate surface area is 112 Å². The predicted molar refractivity (Wildman–Crippen MR) is 72.8 cm³/mol. The molecule has 0 amide bonds. The van der Waals surface area contributed by atoms with Crippen LogP contribution in [-0.2, 0) is 6.42 Å². The van der Waals surface area contributed by atoms with Gasteiger partial charge in [-0.2, -0.15) is 0 Å². The van der Waals surface area contributed by atoms with Crippen molar-refractivity contribution in [3.8, 4) is 5.75 Å². The Morgan fingerprint density at radius 2 is 1.95 bits per heavy atom. The van der Waals surface area contributed by atoms with Crippen LogP contribution in [0.4, 0.5) is 4.39 Å². The molecule has 0 spiro atoms. The summed E-state index contributed by atoms with van der Waals surface area (Å²) < 4.78 is 18.5. The number of rotatable bonds is 4. The summed E-state index contributed by atoms with van der Waals surface area (Å²) in [4.78, 5) is 0. The van der Waals surface area contributed by atoms with E-state index in [-0.39, 0.29) is 5.82 Å². The molecule has 1 unspecified atom stereocenters. The van der Waals surface area contributed by atoms with Crippen LogP contribution in [0.1, 0.15) is 22.8 Å². The van der Waals surface area contributed by atoms with Gasteiger partial charge >= 0.3 is 0 Å². The molecule has 2 nitrogen and oxygen atoms in total. The maximum Gasteiger partial charge on any atom is 0.126 e. The van der Waals surface area contributed by atoms with Gasteiger partial charge in [0.05, 0.1) is 13.2 Å². The van der Waals surface area contributed by atoms with Crippen LogP contribution in [0.5, 0.6) is 5.75 Å². The third-order valence-electron chi connectivity index (χ3n) is 3.17. The third-order valence-corrected chi connectivity index (χ3v) is 3.17. The van der Waals surface area contributed by atoms with Crippen LogP contribution in [0, 0.1) is 12.7 Å². The summed E-state index contributed by atoms with van der Waals surface area (Å²) >= 11 is 0. The van der Waals surface area contributed by atoms with Crippen LogP contribution in [0.15, 0.2) is 42.5 Å². The molecule has 0 aromatic heterocycles. The first-order valence-electron chi connectivity index (χ1n) is 6.18. The average molecular weight is 260 g/mol. The molecule has 0 saturated carbocycles. The Morgan fingerprint density at radius 3 is 2.63 bits per heavy atom. The van der Waals surface area contributed by atoms with Gasteiger partial charge < -0.3 is 9.84 Å². The first-order chi connectivity index (χ1) is 9.11. The van der Waals surface area contributed by atoms with Gasteiger partial charge in [0.15, 0.2) is 0 Å². The molecule has 0 heterocycles. The topological polar surface area (TPSA) is 29.5 Å². The Kier molecular flexibility index (Phi) is 4.17. The number of halogens is 1. The molecule has 0 saturated heterocycles. The summed E-state index contributed by atoms with van der Waals surface area (Å²) in [5.41, 5.74) is 2.18. The molecule has 0 aliphatic heterocycles. The number of hydrogen-bond donors (Lipinski definition) is 1. The van der Waals surface area contributed by atoms with Crippen LogP contribution in [0.25, 0.3) is 0 Å². The first-order valence-corrected chi connectivity index (χ1v) is 6.18. The van der Waals surface area contributed by atoms with Gasteiger partial charge in [0, 0.05) is 6.42 Å². The minimum absolute atomic E-state index is 0.256. The van der Waals surface area contributed by atoms with E-state index < -0.39 is 6.10 Å². The minimum Gasteiger partial charge on any atom is -0.496 e. The number of methoxy groups -OCH3 is 1. The molecule has 19 heavy (non-hydrogen) atoms. The molecule has 0 radical (unpaired) electrons. The van der Waals surface area contributed by atoms with Crippen LogP contribution in [0.2, 0.25) is 0 Å². The van der Waals surface area contributed by atoms with E-state index in [1.54, 1.807) is 26.2 Å². The molecule has 0 fully saturated rings. The summed E-state index contributed by atoms with van der Waals surface area (Å²) in [7, 11) is 1.60. The van der Waals surface area contributed by atoms with E-state index in [2.05, 4.69) is 0 Å². The van der Waals surface area contributed by atoms with Crippen LogP contribution in [0.3, 0.4) is 0 Å². The molecule has 2 rings (SSSR count). The molecule has 2 aromatic carbocycles. The fourth-order valence-corrected chi connectivity index (χ4v) is 2.07. The molecule has 0 aliphatic rings. The quantitative estimate of drug-likeness (QED) is 0.912. The molecule has 1 atom stereocenters. The Morgan fingerprint density at radius 1 is 1.21 bits per heavy atom. The van der Waals surface area contributed by atoms with Gasteiger partial charge in [-0.3, -0.25) is 0 Å². The highest BCUT2D eigenvalue weighted by molar-refractivity contribution is 5.35. The molecular weight excluding hydrogens is 243 g/mol. The van der Waals surface area contributed by atoms with Crippen LogP contribution >= 0.6 is 0 Å². The highest BCUT2D eigenvalue weighted by Gasteiger charge is 2.12. The number of ether oxygens (including phenoxy) is 1. The average Bonchev–Trinajstić information content (AvgIpc) is 2.42. The fourth-order valence-electron chi connectivity index (χ4n) is 2.07. The smallest absolute Gasteiger partial charge is 0.126 e. The molecule has 100 valence electrons. The van der Waals surface area contributed by atoms with Gasteiger partial charge in [-0.25, -0.2) is 4.39 Å². The number of benzene rings is 2. The SMILES string of the molecule is COc1ccccc1CC(O)c1ccc(F)c(C)c1. The van der Waals surface area contributed by atoms with E-state index in [4.69, 9.17) is 4.74 Å². The first kappa shape index (κ1) is 13.6. The van der Waals surface area contributed by atoms with Crippen LogP contribution < -0.4 is 4.74 Å². The summed E-state index contributed by atoms with van der Waals surface area (Å²) in [5.74, 6) is 0.494. The molecule has 0 bridgehead atoms. The van der Waals surface area contributed by atoms with Gasteiger partial charge in [-0.05, 0) is 35.7 Å². The highest BCUT2D eigenvalue weighted by Crippen LogP contribution is 2.25. The van der Waals surface area contributed by atoms with E-state index in [1.807, 2.05) is 24.3 Å². The summed E-state index contributed by atoms with van der Waals surface area (Å²) in [6.45, 7) is 1.69. The summed E-state index contributed by atoms with van der Waals surface area (Å²) in [6, 6.07) is 12.2. The standard InChI is InChI=1S/C16H17FO2/c1-11-9-12(7-8-14(11)17)15(18)10-13-5-3-4-6-16(13)19-2/h3-9,15,18H,10H2,1-2H3. The van der Waals surface area contributed by atoms with Crippen molar-refractivity contribution in [1.82, 2.24) is 0 Å². The lowest BCUT2D eigenvalue weighted by Crippen LogP contribution is -2.04. The monoisotopic (exact) mass is 260 g/mol. The minimum atomic E-state index is -0.671. The predicted octanol–water partition coefficient (Wildman–Crippen LogP) is 3.42. The maximum atomic E-state index is 13.2. The summed E-state index contributed by atoms with van der Waals surface area (Å²) in [6.07, 6.45) is -0.231. The van der Waals surface area contributed by atoms with Gasteiger partial charge in [-0.1, -0.05) is 30.3 Å². The Bertz CT molecular complexity index is 566. The highest BCUT2D eigenvalue weighted by atomic mass is 19.1.